The average molecular weight is 525 g/mol. The summed E-state index contributed by atoms with van der Waals surface area (Å²) in [5, 5.41) is 2.79. The molecule has 0 saturated carbocycles. The molecule has 37 heavy (non-hydrogen) atoms. The number of nitrogens with one attached hydrogen (secondary N) is 1. The minimum atomic E-state index is -3.94. The number of fused-ring (bicyclic) bond motifs is 1. The van der Waals surface area contributed by atoms with Crippen LogP contribution in [0.25, 0.3) is 0 Å². The molecule has 1 heterocycles. The molecule has 3 aromatic carbocycles. The van der Waals surface area contributed by atoms with Crippen LogP contribution in [0.3, 0.4) is 0 Å². The molecular formula is C28H32N2O6S. The topological polar surface area (TPSA) is 94.2 Å². The van der Waals surface area contributed by atoms with Crippen molar-refractivity contribution in [3.05, 3.63) is 78.4 Å². The van der Waals surface area contributed by atoms with Crippen molar-refractivity contribution in [2.24, 2.45) is 0 Å². The van der Waals surface area contributed by atoms with E-state index in [2.05, 4.69) is 26.1 Å². The molecule has 196 valence electrons. The van der Waals surface area contributed by atoms with Gasteiger partial charge in [-0.1, -0.05) is 57.2 Å². The van der Waals surface area contributed by atoms with Crippen LogP contribution < -0.4 is 23.8 Å². The van der Waals surface area contributed by atoms with Crippen LogP contribution in [0.5, 0.6) is 17.2 Å². The zero-order valence-electron chi connectivity index (χ0n) is 21.4. The van der Waals surface area contributed by atoms with Crippen LogP contribution in [0.1, 0.15) is 26.3 Å². The predicted octanol–water partition coefficient (Wildman–Crippen LogP) is 4.14. The molecule has 8 nitrogen and oxygen atoms in total. The summed E-state index contributed by atoms with van der Waals surface area (Å²) in [6.07, 6.45) is -1.03. The van der Waals surface area contributed by atoms with Gasteiger partial charge >= 0.3 is 0 Å². The molecule has 0 radical (unpaired) electrons. The summed E-state index contributed by atoms with van der Waals surface area (Å²) < 4.78 is 45.6. The van der Waals surface area contributed by atoms with Crippen molar-refractivity contribution in [1.82, 2.24) is 5.32 Å². The van der Waals surface area contributed by atoms with Crippen molar-refractivity contribution in [3.8, 4) is 17.2 Å². The van der Waals surface area contributed by atoms with E-state index in [-0.39, 0.29) is 30.0 Å². The maximum atomic E-state index is 13.7. The van der Waals surface area contributed by atoms with E-state index in [9.17, 15) is 13.2 Å². The first-order valence-corrected chi connectivity index (χ1v) is 13.5. The van der Waals surface area contributed by atoms with Crippen LogP contribution in [-0.2, 0) is 20.2 Å². The maximum absolute atomic E-state index is 13.7. The standard InChI is InChI=1S/C28H32N2O6S/c1-28(2,3)20-14-15-23-22(18-20)30(37(32,33)21-10-6-5-7-11-21)19-26(36-23)27(31)29-16-17-35-25-13-9-8-12-24(25)34-4/h5-15,18,26H,16-17,19H2,1-4H3,(H,29,31)/t26-/m0/s1. The zero-order valence-corrected chi connectivity index (χ0v) is 22.2. The van der Waals surface area contributed by atoms with Gasteiger partial charge in [-0.05, 0) is 47.4 Å². The first-order valence-electron chi connectivity index (χ1n) is 12.0. The highest BCUT2D eigenvalue weighted by Gasteiger charge is 2.38. The fraction of sp³-hybridized carbons (Fsp3) is 0.321. The lowest BCUT2D eigenvalue weighted by atomic mass is 9.86. The molecule has 0 saturated heterocycles. The fourth-order valence-corrected chi connectivity index (χ4v) is 5.48. The van der Waals surface area contributed by atoms with Crippen molar-refractivity contribution in [1.29, 1.82) is 0 Å². The fourth-order valence-electron chi connectivity index (χ4n) is 3.99. The van der Waals surface area contributed by atoms with Crippen LogP contribution >= 0.6 is 0 Å². The Morgan fingerprint density at radius 3 is 2.38 bits per heavy atom. The SMILES string of the molecule is COc1ccccc1OCCNC(=O)[C@@H]1CN(S(=O)(=O)c2ccccc2)c2cc(C(C)(C)C)ccc2O1. The molecule has 4 rings (SSSR count). The Labute approximate surface area is 218 Å². The van der Waals surface area contributed by atoms with Crippen molar-refractivity contribution in [3.63, 3.8) is 0 Å². The minimum Gasteiger partial charge on any atom is -0.493 e. The van der Waals surface area contributed by atoms with E-state index in [1.54, 1.807) is 55.6 Å². The molecule has 0 fully saturated rings. The number of hydrogen-bond donors (Lipinski definition) is 1. The summed E-state index contributed by atoms with van der Waals surface area (Å²) in [6.45, 7) is 6.42. The monoisotopic (exact) mass is 524 g/mol. The van der Waals surface area contributed by atoms with Gasteiger partial charge in [-0.25, -0.2) is 8.42 Å². The van der Waals surface area contributed by atoms with E-state index in [0.29, 0.717) is 22.9 Å². The van der Waals surface area contributed by atoms with Gasteiger partial charge < -0.3 is 19.5 Å². The van der Waals surface area contributed by atoms with Gasteiger partial charge in [0, 0.05) is 0 Å². The summed E-state index contributed by atoms with van der Waals surface area (Å²) in [7, 11) is -2.38. The molecule has 0 spiro atoms. The number of ether oxygens (including phenoxy) is 3. The summed E-state index contributed by atoms with van der Waals surface area (Å²) in [4.78, 5) is 13.2. The highest BCUT2D eigenvalue weighted by atomic mass is 32.2. The molecule has 1 aliphatic heterocycles. The predicted molar refractivity (Wildman–Crippen MR) is 142 cm³/mol. The average Bonchev–Trinajstić information content (AvgIpc) is 2.90. The molecule has 1 aliphatic rings. The van der Waals surface area contributed by atoms with E-state index < -0.39 is 22.0 Å². The van der Waals surface area contributed by atoms with Gasteiger partial charge in [0.1, 0.15) is 12.4 Å². The van der Waals surface area contributed by atoms with Crippen molar-refractivity contribution >= 4 is 21.6 Å². The van der Waals surface area contributed by atoms with Gasteiger partial charge in [0.15, 0.2) is 17.6 Å². The van der Waals surface area contributed by atoms with Gasteiger partial charge in [-0.3, -0.25) is 9.10 Å². The molecule has 0 bridgehead atoms. The number of methoxy groups -OCH3 is 1. The molecule has 1 amide bonds. The molecule has 9 heteroatoms. The number of hydrogen-bond acceptors (Lipinski definition) is 6. The Balaban J connectivity index is 1.54. The first-order chi connectivity index (χ1) is 17.6. The van der Waals surface area contributed by atoms with Gasteiger partial charge in [-0.2, -0.15) is 0 Å². The third kappa shape index (κ3) is 5.83. The minimum absolute atomic E-state index is 0.147. The normalized spacial score (nSPS) is 15.4. The molecule has 1 N–H and O–H groups in total. The molecule has 3 aromatic rings. The number of para-hydroxylation sites is 2. The highest BCUT2D eigenvalue weighted by molar-refractivity contribution is 7.92. The van der Waals surface area contributed by atoms with Crippen LogP contribution in [0.2, 0.25) is 0 Å². The number of carbonyl (C=O) groups excluding carboxylic acids is 1. The first kappa shape index (κ1) is 26.3. The van der Waals surface area contributed by atoms with E-state index in [1.807, 2.05) is 24.3 Å². The Morgan fingerprint density at radius 1 is 1.03 bits per heavy atom. The van der Waals surface area contributed by atoms with Crippen molar-refractivity contribution in [2.75, 3.05) is 31.1 Å². The molecule has 0 aliphatic carbocycles. The van der Waals surface area contributed by atoms with Crippen LogP contribution in [-0.4, -0.2) is 47.2 Å². The highest BCUT2D eigenvalue weighted by Crippen LogP contribution is 2.40. The Hall–Kier alpha value is -3.72. The van der Waals surface area contributed by atoms with E-state index in [4.69, 9.17) is 14.2 Å². The summed E-state index contributed by atoms with van der Waals surface area (Å²) >= 11 is 0. The zero-order chi connectivity index (χ0) is 26.6. The molecule has 1 atom stereocenters. The lowest BCUT2D eigenvalue weighted by Gasteiger charge is -2.36. The van der Waals surface area contributed by atoms with Crippen molar-refractivity contribution in [2.45, 2.75) is 37.2 Å². The van der Waals surface area contributed by atoms with Crippen LogP contribution in [0, 0.1) is 0 Å². The molecule has 0 aromatic heterocycles. The Bertz CT molecular complexity index is 1350. The number of benzene rings is 3. The van der Waals surface area contributed by atoms with Gasteiger partial charge in [0.25, 0.3) is 15.9 Å². The molecule has 0 unspecified atom stereocenters. The summed E-state index contributed by atoms with van der Waals surface area (Å²) in [6, 6.07) is 20.9. The lowest BCUT2D eigenvalue weighted by Crippen LogP contribution is -2.51. The second kappa shape index (κ2) is 10.7. The number of rotatable bonds is 8. The number of carbonyl (C=O) groups is 1. The number of anilines is 1. The largest absolute Gasteiger partial charge is 0.493 e. The quantitative estimate of drug-likeness (QED) is 0.445. The third-order valence-electron chi connectivity index (χ3n) is 6.05. The molecular weight excluding hydrogens is 492 g/mol. The Kier molecular flexibility index (Phi) is 7.63. The van der Waals surface area contributed by atoms with E-state index >= 15 is 0 Å². The maximum Gasteiger partial charge on any atom is 0.264 e. The Morgan fingerprint density at radius 2 is 1.70 bits per heavy atom. The van der Waals surface area contributed by atoms with Crippen molar-refractivity contribution < 1.29 is 27.4 Å². The van der Waals surface area contributed by atoms with Gasteiger partial charge in [0.2, 0.25) is 0 Å². The van der Waals surface area contributed by atoms with Crippen LogP contribution in [0.15, 0.2) is 77.7 Å². The van der Waals surface area contributed by atoms with Gasteiger partial charge in [0.05, 0.1) is 30.8 Å². The lowest BCUT2D eigenvalue weighted by molar-refractivity contribution is -0.127. The number of amides is 1. The summed E-state index contributed by atoms with van der Waals surface area (Å²) in [5.41, 5.74) is 1.17. The van der Waals surface area contributed by atoms with Gasteiger partial charge in [-0.15, -0.1) is 0 Å². The van der Waals surface area contributed by atoms with Crippen LogP contribution in [0.4, 0.5) is 5.69 Å². The van der Waals surface area contributed by atoms with E-state index in [1.165, 1.54) is 4.31 Å². The smallest absolute Gasteiger partial charge is 0.264 e. The second-order valence-corrected chi connectivity index (χ2v) is 11.5. The second-order valence-electron chi connectivity index (χ2n) is 9.68. The third-order valence-corrected chi connectivity index (χ3v) is 7.84. The summed E-state index contributed by atoms with van der Waals surface area (Å²) in [5.74, 6) is 1.07. The number of nitrogens with zero attached hydrogens (tertiary/aromatic N) is 1. The van der Waals surface area contributed by atoms with E-state index in [0.717, 1.165) is 5.56 Å². The number of sulfonamides is 1.